The van der Waals surface area contributed by atoms with Gasteiger partial charge in [0.1, 0.15) is 0 Å². The fourth-order valence-electron chi connectivity index (χ4n) is 3.42. The number of nitrogens with one attached hydrogen (secondary N) is 2. The molecule has 0 radical (unpaired) electrons. The van der Waals surface area contributed by atoms with Crippen molar-refractivity contribution in [2.75, 3.05) is 0 Å². The zero-order valence-corrected chi connectivity index (χ0v) is 17.6. The minimum Gasteiger partial charge on any atom is -0.349 e. The lowest BCUT2D eigenvalue weighted by Crippen LogP contribution is -2.35. The van der Waals surface area contributed by atoms with E-state index in [0.29, 0.717) is 11.4 Å². The highest BCUT2D eigenvalue weighted by atomic mass is 35.5. The van der Waals surface area contributed by atoms with Gasteiger partial charge in [0.15, 0.2) is 0 Å². The summed E-state index contributed by atoms with van der Waals surface area (Å²) in [4.78, 5) is 24.6. The topological polar surface area (TPSA) is 58.2 Å². The minimum absolute atomic E-state index is 0.125. The summed E-state index contributed by atoms with van der Waals surface area (Å²) in [5.74, 6) is -0.294. The summed E-state index contributed by atoms with van der Waals surface area (Å²) in [5.41, 5.74) is 3.00. The molecule has 0 bridgehead atoms. The molecule has 0 spiro atoms. The van der Waals surface area contributed by atoms with E-state index < -0.39 is 0 Å². The van der Waals surface area contributed by atoms with Crippen LogP contribution in [0, 0.1) is 0 Å². The molecule has 2 N–H and O–H groups in total. The van der Waals surface area contributed by atoms with E-state index in [1.807, 2.05) is 84.9 Å². The van der Waals surface area contributed by atoms with E-state index in [9.17, 15) is 9.59 Å². The highest BCUT2D eigenvalue weighted by Crippen LogP contribution is 2.22. The van der Waals surface area contributed by atoms with Crippen molar-refractivity contribution in [3.05, 3.63) is 107 Å². The van der Waals surface area contributed by atoms with Crippen molar-refractivity contribution >= 4 is 23.4 Å². The molecule has 2 amide bonds. The molecule has 0 aliphatic rings. The molecule has 154 valence electrons. The Bertz CT molecular complexity index is 959. The monoisotopic (exact) mass is 420 g/mol. The number of hydrogen-bond acceptors (Lipinski definition) is 2. The molecular weight excluding hydrogens is 396 g/mol. The summed E-state index contributed by atoms with van der Waals surface area (Å²) in [6, 6.07) is 26.5. The Morgan fingerprint density at radius 2 is 1.30 bits per heavy atom. The average molecular weight is 421 g/mol. The maximum atomic E-state index is 13.0. The molecule has 5 heteroatoms. The zero-order chi connectivity index (χ0) is 21.3. The SMILES string of the molecule is CC(=O)NC(CC(=O)NC(Cc1ccc(Cl)cc1)c1ccccc1)c1ccccc1. The Labute approximate surface area is 182 Å². The van der Waals surface area contributed by atoms with E-state index in [1.54, 1.807) is 0 Å². The van der Waals surface area contributed by atoms with Crippen LogP contribution in [0.4, 0.5) is 0 Å². The van der Waals surface area contributed by atoms with Crippen LogP contribution in [0.5, 0.6) is 0 Å². The third-order valence-electron chi connectivity index (χ3n) is 4.86. The molecule has 4 nitrogen and oxygen atoms in total. The molecule has 2 atom stereocenters. The number of benzene rings is 3. The summed E-state index contributed by atoms with van der Waals surface area (Å²) in [7, 11) is 0. The minimum atomic E-state index is -0.379. The largest absolute Gasteiger partial charge is 0.349 e. The first-order chi connectivity index (χ1) is 14.5. The molecule has 0 aliphatic heterocycles. The number of amides is 2. The average Bonchev–Trinajstić information content (AvgIpc) is 2.75. The van der Waals surface area contributed by atoms with Gasteiger partial charge in [0.05, 0.1) is 18.5 Å². The van der Waals surface area contributed by atoms with E-state index in [-0.39, 0.29) is 30.3 Å². The summed E-state index contributed by atoms with van der Waals surface area (Å²) < 4.78 is 0. The van der Waals surface area contributed by atoms with E-state index in [1.165, 1.54) is 6.92 Å². The molecule has 0 aromatic heterocycles. The van der Waals surface area contributed by atoms with Crippen LogP contribution in [0.3, 0.4) is 0 Å². The maximum absolute atomic E-state index is 13.0. The van der Waals surface area contributed by atoms with Crippen molar-refractivity contribution in [2.24, 2.45) is 0 Å². The van der Waals surface area contributed by atoms with E-state index >= 15 is 0 Å². The van der Waals surface area contributed by atoms with Gasteiger partial charge in [-0.3, -0.25) is 9.59 Å². The lowest BCUT2D eigenvalue weighted by Gasteiger charge is -2.23. The molecule has 0 fully saturated rings. The Hall–Kier alpha value is -3.11. The van der Waals surface area contributed by atoms with Crippen molar-refractivity contribution in [3.8, 4) is 0 Å². The van der Waals surface area contributed by atoms with E-state index in [2.05, 4.69) is 10.6 Å². The zero-order valence-electron chi connectivity index (χ0n) is 16.8. The Morgan fingerprint density at radius 3 is 1.83 bits per heavy atom. The molecule has 3 rings (SSSR count). The number of hydrogen-bond donors (Lipinski definition) is 2. The van der Waals surface area contributed by atoms with Crippen molar-refractivity contribution in [1.82, 2.24) is 10.6 Å². The summed E-state index contributed by atoms with van der Waals surface area (Å²) >= 11 is 6.00. The van der Waals surface area contributed by atoms with Crippen LogP contribution in [0.1, 0.15) is 42.1 Å². The van der Waals surface area contributed by atoms with Gasteiger partial charge in [-0.15, -0.1) is 0 Å². The molecule has 3 aromatic carbocycles. The van der Waals surface area contributed by atoms with Gasteiger partial charge in [0.2, 0.25) is 11.8 Å². The predicted octanol–water partition coefficient (Wildman–Crippen LogP) is 5.01. The maximum Gasteiger partial charge on any atom is 0.222 e. The first kappa shape index (κ1) is 21.6. The van der Waals surface area contributed by atoms with Gasteiger partial charge in [-0.2, -0.15) is 0 Å². The van der Waals surface area contributed by atoms with Gasteiger partial charge >= 0.3 is 0 Å². The fourth-order valence-corrected chi connectivity index (χ4v) is 3.54. The van der Waals surface area contributed by atoms with Gasteiger partial charge in [0.25, 0.3) is 0 Å². The Morgan fingerprint density at radius 1 is 0.767 bits per heavy atom. The number of carbonyl (C=O) groups excluding carboxylic acids is 2. The highest BCUT2D eigenvalue weighted by Gasteiger charge is 2.20. The molecule has 0 heterocycles. The quantitative estimate of drug-likeness (QED) is 0.538. The van der Waals surface area contributed by atoms with Crippen molar-refractivity contribution in [1.29, 1.82) is 0 Å². The Kier molecular flexibility index (Phi) is 7.63. The smallest absolute Gasteiger partial charge is 0.222 e. The molecule has 30 heavy (non-hydrogen) atoms. The standard InChI is InChI=1S/C25H25ClN2O2/c1-18(29)27-24(21-10-6-3-7-11-21)17-25(30)28-23(20-8-4-2-5-9-20)16-19-12-14-22(26)15-13-19/h2-15,23-24H,16-17H2,1H3,(H,27,29)(H,28,30). The van der Waals surface area contributed by atoms with Crippen LogP contribution in [0.15, 0.2) is 84.9 Å². The summed E-state index contributed by atoms with van der Waals surface area (Å²) in [6.07, 6.45) is 0.802. The van der Waals surface area contributed by atoms with Crippen LogP contribution in [-0.2, 0) is 16.0 Å². The Balaban J connectivity index is 1.76. The third-order valence-corrected chi connectivity index (χ3v) is 5.11. The molecule has 3 aromatic rings. The summed E-state index contributed by atoms with van der Waals surface area (Å²) in [6.45, 7) is 1.46. The van der Waals surface area contributed by atoms with Crippen LogP contribution in [0.2, 0.25) is 5.02 Å². The lowest BCUT2D eigenvalue weighted by molar-refractivity contribution is -0.123. The second-order valence-electron chi connectivity index (χ2n) is 7.23. The predicted molar refractivity (Wildman–Crippen MR) is 120 cm³/mol. The van der Waals surface area contributed by atoms with Crippen LogP contribution in [0.25, 0.3) is 0 Å². The fraction of sp³-hybridized carbons (Fsp3) is 0.200. The normalized spacial score (nSPS) is 12.6. The first-order valence-electron chi connectivity index (χ1n) is 9.92. The van der Waals surface area contributed by atoms with Gasteiger partial charge in [-0.25, -0.2) is 0 Å². The highest BCUT2D eigenvalue weighted by molar-refractivity contribution is 6.30. The van der Waals surface area contributed by atoms with Crippen molar-refractivity contribution in [2.45, 2.75) is 31.8 Å². The summed E-state index contributed by atoms with van der Waals surface area (Å²) in [5, 5.41) is 6.71. The van der Waals surface area contributed by atoms with Gasteiger partial charge in [-0.05, 0) is 35.2 Å². The van der Waals surface area contributed by atoms with Crippen LogP contribution < -0.4 is 10.6 Å². The lowest BCUT2D eigenvalue weighted by atomic mass is 9.97. The van der Waals surface area contributed by atoms with Gasteiger partial charge in [-0.1, -0.05) is 84.4 Å². The van der Waals surface area contributed by atoms with Crippen molar-refractivity contribution < 1.29 is 9.59 Å². The van der Waals surface area contributed by atoms with Crippen LogP contribution in [-0.4, -0.2) is 11.8 Å². The van der Waals surface area contributed by atoms with Gasteiger partial charge in [0, 0.05) is 11.9 Å². The number of halogens is 1. The number of carbonyl (C=O) groups is 2. The third kappa shape index (κ3) is 6.46. The second-order valence-corrected chi connectivity index (χ2v) is 7.67. The van der Waals surface area contributed by atoms with Crippen LogP contribution >= 0.6 is 11.6 Å². The van der Waals surface area contributed by atoms with Crippen molar-refractivity contribution in [3.63, 3.8) is 0 Å². The number of rotatable bonds is 8. The van der Waals surface area contributed by atoms with E-state index in [4.69, 9.17) is 11.6 Å². The molecule has 0 aliphatic carbocycles. The first-order valence-corrected chi connectivity index (χ1v) is 10.3. The van der Waals surface area contributed by atoms with E-state index in [0.717, 1.165) is 16.7 Å². The molecular formula is C25H25ClN2O2. The molecule has 2 unspecified atom stereocenters. The molecule has 0 saturated heterocycles. The molecule has 0 saturated carbocycles. The van der Waals surface area contributed by atoms with Gasteiger partial charge < -0.3 is 10.6 Å². The second kappa shape index (κ2) is 10.6.